The Kier molecular flexibility index (Phi) is 7.25. The fourth-order valence-electron chi connectivity index (χ4n) is 4.59. The van der Waals surface area contributed by atoms with Gasteiger partial charge in [-0.1, -0.05) is 19.4 Å². The number of aryl methyl sites for hydroxylation is 1. The second kappa shape index (κ2) is 10.3. The number of H-pyrrole nitrogens is 1. The van der Waals surface area contributed by atoms with Crippen LogP contribution in [0.15, 0.2) is 24.4 Å². The molecule has 0 unspecified atom stereocenters. The first kappa shape index (κ1) is 21.8. The number of unbranched alkanes of at least 4 members (excludes halogenated alkanes) is 1. The molecule has 0 radical (unpaired) electrons. The molecule has 0 saturated carbocycles. The number of nitrogens with one attached hydrogen (secondary N) is 1. The van der Waals surface area contributed by atoms with Gasteiger partial charge in [0.2, 0.25) is 0 Å². The minimum Gasteiger partial charge on any atom is -0.492 e. The van der Waals surface area contributed by atoms with Gasteiger partial charge in [0.05, 0.1) is 7.11 Å². The quantitative estimate of drug-likeness (QED) is 0.653. The van der Waals surface area contributed by atoms with Crippen LogP contribution in [0.25, 0.3) is 0 Å². The molecule has 31 heavy (non-hydrogen) atoms. The summed E-state index contributed by atoms with van der Waals surface area (Å²) in [7, 11) is 1.47. The van der Waals surface area contributed by atoms with Crippen LogP contribution < -0.4 is 4.74 Å². The van der Waals surface area contributed by atoms with Gasteiger partial charge < -0.3 is 14.5 Å². The van der Waals surface area contributed by atoms with Crippen LogP contribution in [0, 0.1) is 0 Å². The van der Waals surface area contributed by atoms with E-state index in [0.29, 0.717) is 6.61 Å². The number of aromatic amines is 1. The Bertz CT molecular complexity index is 881. The number of hydrogen-bond acceptors (Lipinski definition) is 6. The average molecular weight is 427 g/mol. The third-order valence-corrected chi connectivity index (χ3v) is 6.25. The molecular formula is C24H34N4O3. The van der Waals surface area contributed by atoms with Gasteiger partial charge in [-0.15, -0.1) is 0 Å². The van der Waals surface area contributed by atoms with Crippen molar-refractivity contribution >= 4 is 5.97 Å². The summed E-state index contributed by atoms with van der Waals surface area (Å²) >= 11 is 0. The van der Waals surface area contributed by atoms with Gasteiger partial charge in [-0.05, 0) is 43.5 Å². The van der Waals surface area contributed by atoms with E-state index in [2.05, 4.69) is 44.9 Å². The molecule has 0 bridgehead atoms. The summed E-state index contributed by atoms with van der Waals surface area (Å²) in [5.41, 5.74) is 3.57. The lowest BCUT2D eigenvalue weighted by atomic mass is 10.1. The fraction of sp³-hybridized carbons (Fsp3) is 0.583. The number of rotatable bonds is 8. The number of nitrogens with zero attached hydrogens (tertiary/aromatic N) is 3. The largest absolute Gasteiger partial charge is 0.492 e. The Labute approximate surface area is 184 Å². The summed E-state index contributed by atoms with van der Waals surface area (Å²) in [6, 6.07) is 6.31. The SMILES string of the molecule is CCCCc1ncc(CN2CCOc3ccc(CN4CCC[C@H]4C(=O)OC)cc3C2)[nH]1. The van der Waals surface area contributed by atoms with E-state index in [4.69, 9.17) is 9.47 Å². The number of hydrogen-bond donors (Lipinski definition) is 1. The van der Waals surface area contributed by atoms with Gasteiger partial charge in [-0.2, -0.15) is 0 Å². The molecule has 2 aliphatic rings. The van der Waals surface area contributed by atoms with Crippen molar-refractivity contribution in [2.45, 2.75) is 64.7 Å². The lowest BCUT2D eigenvalue weighted by molar-refractivity contribution is -0.146. The molecule has 168 valence electrons. The van der Waals surface area contributed by atoms with Gasteiger partial charge >= 0.3 is 5.97 Å². The van der Waals surface area contributed by atoms with E-state index < -0.39 is 0 Å². The lowest BCUT2D eigenvalue weighted by Gasteiger charge is -2.23. The summed E-state index contributed by atoms with van der Waals surface area (Å²) in [5.74, 6) is 1.92. The van der Waals surface area contributed by atoms with Crippen molar-refractivity contribution < 1.29 is 14.3 Å². The summed E-state index contributed by atoms with van der Waals surface area (Å²) in [6.45, 7) is 7.12. The number of benzene rings is 1. The summed E-state index contributed by atoms with van der Waals surface area (Å²) in [5, 5.41) is 0. The van der Waals surface area contributed by atoms with E-state index in [1.165, 1.54) is 24.7 Å². The van der Waals surface area contributed by atoms with Crippen LogP contribution in [0.4, 0.5) is 0 Å². The summed E-state index contributed by atoms with van der Waals surface area (Å²) < 4.78 is 11.0. The van der Waals surface area contributed by atoms with Crippen molar-refractivity contribution in [1.82, 2.24) is 19.8 Å². The minimum absolute atomic E-state index is 0.125. The number of imidazole rings is 1. The van der Waals surface area contributed by atoms with Crippen molar-refractivity contribution in [3.63, 3.8) is 0 Å². The van der Waals surface area contributed by atoms with Crippen molar-refractivity contribution in [2.75, 3.05) is 26.8 Å². The van der Waals surface area contributed by atoms with E-state index in [1.54, 1.807) is 0 Å². The first-order valence-electron chi connectivity index (χ1n) is 11.5. The van der Waals surface area contributed by atoms with Crippen LogP contribution in [-0.2, 0) is 35.6 Å². The standard InChI is InChI=1S/C24H34N4O3/c1-3-4-7-23-25-14-20(26-23)17-27-11-12-31-22-9-8-18(13-19(22)16-27)15-28-10-5-6-21(28)24(29)30-2/h8-9,13-14,21H,3-7,10-12,15-17H2,1-2H3,(H,25,26)/t21-/m0/s1. The second-order valence-corrected chi connectivity index (χ2v) is 8.61. The van der Waals surface area contributed by atoms with Gasteiger partial charge in [0.1, 0.15) is 24.2 Å². The Balaban J connectivity index is 1.42. The maximum atomic E-state index is 12.1. The second-order valence-electron chi connectivity index (χ2n) is 8.61. The van der Waals surface area contributed by atoms with Gasteiger partial charge in [-0.3, -0.25) is 14.6 Å². The number of fused-ring (bicyclic) bond motifs is 1. The van der Waals surface area contributed by atoms with E-state index >= 15 is 0 Å². The van der Waals surface area contributed by atoms with E-state index in [9.17, 15) is 4.79 Å². The van der Waals surface area contributed by atoms with Crippen molar-refractivity contribution in [2.24, 2.45) is 0 Å². The predicted molar refractivity (Wildman–Crippen MR) is 119 cm³/mol. The van der Waals surface area contributed by atoms with Crippen LogP contribution in [0.2, 0.25) is 0 Å². The third kappa shape index (κ3) is 5.46. The molecule has 2 aromatic rings. The highest BCUT2D eigenvalue weighted by Gasteiger charge is 2.31. The molecule has 3 heterocycles. The molecule has 0 amide bonds. The van der Waals surface area contributed by atoms with Crippen LogP contribution in [-0.4, -0.2) is 58.6 Å². The maximum Gasteiger partial charge on any atom is 0.323 e. The first-order chi connectivity index (χ1) is 15.2. The maximum absolute atomic E-state index is 12.1. The molecule has 1 aromatic heterocycles. The molecular weight excluding hydrogens is 392 g/mol. The normalized spacial score (nSPS) is 19.6. The molecule has 1 N–H and O–H groups in total. The van der Waals surface area contributed by atoms with Gasteiger partial charge in [-0.25, -0.2) is 4.98 Å². The van der Waals surface area contributed by atoms with Gasteiger partial charge in [0.15, 0.2) is 0 Å². The number of likely N-dealkylation sites (tertiary alicyclic amines) is 1. The monoisotopic (exact) mass is 426 g/mol. The molecule has 7 nitrogen and oxygen atoms in total. The van der Waals surface area contributed by atoms with E-state index in [-0.39, 0.29) is 12.0 Å². The Morgan fingerprint density at radius 1 is 1.32 bits per heavy atom. The van der Waals surface area contributed by atoms with Gasteiger partial charge in [0, 0.05) is 50.1 Å². The highest BCUT2D eigenvalue weighted by atomic mass is 16.5. The molecule has 4 rings (SSSR count). The van der Waals surface area contributed by atoms with Crippen LogP contribution in [0.3, 0.4) is 0 Å². The topological polar surface area (TPSA) is 70.7 Å². The minimum atomic E-state index is -0.126. The highest BCUT2D eigenvalue weighted by Crippen LogP contribution is 2.27. The Morgan fingerprint density at radius 3 is 3.06 bits per heavy atom. The number of esters is 1. The van der Waals surface area contributed by atoms with Gasteiger partial charge in [0.25, 0.3) is 0 Å². The van der Waals surface area contributed by atoms with Crippen LogP contribution in [0.1, 0.15) is 55.3 Å². The van der Waals surface area contributed by atoms with E-state index in [0.717, 1.165) is 75.7 Å². The zero-order chi connectivity index (χ0) is 21.6. The molecule has 2 aliphatic heterocycles. The predicted octanol–water partition coefficient (Wildman–Crippen LogP) is 3.28. The van der Waals surface area contributed by atoms with Crippen molar-refractivity contribution in [3.8, 4) is 5.75 Å². The number of carbonyl (C=O) groups is 1. The smallest absolute Gasteiger partial charge is 0.323 e. The molecule has 0 aliphatic carbocycles. The molecule has 1 fully saturated rings. The third-order valence-electron chi connectivity index (χ3n) is 6.25. The zero-order valence-corrected chi connectivity index (χ0v) is 18.7. The highest BCUT2D eigenvalue weighted by molar-refractivity contribution is 5.76. The van der Waals surface area contributed by atoms with Crippen LogP contribution >= 0.6 is 0 Å². The molecule has 1 aromatic carbocycles. The Hall–Kier alpha value is -2.38. The first-order valence-corrected chi connectivity index (χ1v) is 11.5. The summed E-state index contributed by atoms with van der Waals surface area (Å²) in [4.78, 5) is 24.7. The van der Waals surface area contributed by atoms with Crippen molar-refractivity contribution in [1.29, 1.82) is 0 Å². The van der Waals surface area contributed by atoms with E-state index in [1.807, 2.05) is 6.20 Å². The molecule has 1 atom stereocenters. The fourth-order valence-corrected chi connectivity index (χ4v) is 4.59. The molecule has 7 heteroatoms. The zero-order valence-electron chi connectivity index (χ0n) is 18.7. The lowest BCUT2D eigenvalue weighted by Crippen LogP contribution is -2.36. The van der Waals surface area contributed by atoms with Crippen LogP contribution in [0.5, 0.6) is 5.75 Å². The number of aromatic nitrogens is 2. The summed E-state index contributed by atoms with van der Waals surface area (Å²) in [6.07, 6.45) is 7.22. The number of carbonyl (C=O) groups excluding carboxylic acids is 1. The molecule has 1 saturated heterocycles. The van der Waals surface area contributed by atoms with Crippen molar-refractivity contribution in [3.05, 3.63) is 47.0 Å². The molecule has 0 spiro atoms. The Morgan fingerprint density at radius 2 is 2.23 bits per heavy atom. The number of ether oxygens (including phenoxy) is 2. The average Bonchev–Trinajstić information content (AvgIpc) is 3.37. The number of methoxy groups -OCH3 is 1.